The van der Waals surface area contributed by atoms with Crippen molar-refractivity contribution in [2.45, 2.75) is 74.6 Å². The number of carbonyl (C=O) groups excluding carboxylic acids is 2. The summed E-state index contributed by atoms with van der Waals surface area (Å²) in [5.41, 5.74) is 2.70. The number of aromatic nitrogens is 1. The molecule has 2 saturated carbocycles. The third-order valence-electron chi connectivity index (χ3n) is 9.34. The zero-order chi connectivity index (χ0) is 32.0. The fourth-order valence-electron chi connectivity index (χ4n) is 6.09. The van der Waals surface area contributed by atoms with Crippen LogP contribution in [0.5, 0.6) is 0 Å². The van der Waals surface area contributed by atoms with Gasteiger partial charge in [-0.2, -0.15) is 0 Å². The predicted molar refractivity (Wildman–Crippen MR) is 164 cm³/mol. The van der Waals surface area contributed by atoms with Crippen molar-refractivity contribution >= 4 is 39.4 Å². The standard InChI is InChI=1S/C32H36N4O8S/c1-20-26(33-30(40)43-21(2)22-6-4-3-5-7-22)27(44-34-20)23-12-18-36(19-13-23)25-10-8-24(9-11-25)31(14-15-31)28(37)35-45(41,42)32(16-17-32)29(38)39/h3-11,21,23H,12-19H2,1-2H3,(H,33,40)(H,35,37)(H,38,39)/t21-/m1/s1. The van der Waals surface area contributed by atoms with Gasteiger partial charge in [0.05, 0.1) is 5.41 Å². The molecule has 1 aromatic heterocycles. The Hall–Kier alpha value is -4.39. The lowest BCUT2D eigenvalue weighted by atomic mass is 9.92. The molecule has 12 nitrogen and oxygen atoms in total. The summed E-state index contributed by atoms with van der Waals surface area (Å²) in [5.74, 6) is -1.43. The van der Waals surface area contributed by atoms with Crippen LogP contribution in [-0.4, -0.2) is 54.5 Å². The number of ether oxygens (including phenoxy) is 1. The first-order chi connectivity index (χ1) is 21.5. The molecule has 45 heavy (non-hydrogen) atoms. The van der Waals surface area contributed by atoms with Crippen LogP contribution in [0.3, 0.4) is 0 Å². The van der Waals surface area contributed by atoms with Crippen molar-refractivity contribution in [2.24, 2.45) is 0 Å². The molecular formula is C32H36N4O8S. The number of carbonyl (C=O) groups is 3. The highest BCUT2D eigenvalue weighted by molar-refractivity contribution is 7.92. The second-order valence-electron chi connectivity index (χ2n) is 12.2. The summed E-state index contributed by atoms with van der Waals surface area (Å²) < 4.78 is 36.8. The van der Waals surface area contributed by atoms with E-state index in [2.05, 4.69) is 20.1 Å². The van der Waals surface area contributed by atoms with E-state index in [4.69, 9.17) is 9.26 Å². The molecular weight excluding hydrogens is 600 g/mol. The fraction of sp³-hybridized carbons (Fsp3) is 0.438. The summed E-state index contributed by atoms with van der Waals surface area (Å²) >= 11 is 0. The van der Waals surface area contributed by atoms with Crippen molar-refractivity contribution < 1.29 is 37.2 Å². The fourth-order valence-corrected chi connectivity index (χ4v) is 7.60. The van der Waals surface area contributed by atoms with E-state index < -0.39 is 44.3 Å². The molecule has 13 heteroatoms. The number of sulfonamides is 1. The number of benzene rings is 2. The average molecular weight is 637 g/mol. The lowest BCUT2D eigenvalue weighted by Gasteiger charge is -2.33. The van der Waals surface area contributed by atoms with Gasteiger partial charge < -0.3 is 19.3 Å². The van der Waals surface area contributed by atoms with Crippen LogP contribution >= 0.6 is 0 Å². The Balaban J connectivity index is 1.06. The van der Waals surface area contributed by atoms with Crippen LogP contribution in [0, 0.1) is 6.92 Å². The molecule has 1 atom stereocenters. The van der Waals surface area contributed by atoms with Gasteiger partial charge in [0.2, 0.25) is 5.91 Å². The highest BCUT2D eigenvalue weighted by Crippen LogP contribution is 2.50. The van der Waals surface area contributed by atoms with Crippen LogP contribution in [0.15, 0.2) is 59.1 Å². The molecule has 1 aliphatic heterocycles. The number of carboxylic acids is 1. The van der Waals surface area contributed by atoms with Crippen molar-refractivity contribution in [1.29, 1.82) is 0 Å². The molecule has 6 rings (SSSR count). The molecule has 0 unspecified atom stereocenters. The Morgan fingerprint density at radius 2 is 1.67 bits per heavy atom. The van der Waals surface area contributed by atoms with Gasteiger partial charge in [-0.1, -0.05) is 47.6 Å². The van der Waals surface area contributed by atoms with E-state index in [9.17, 15) is 27.9 Å². The number of rotatable bonds is 10. The second-order valence-corrected chi connectivity index (χ2v) is 14.2. The summed E-state index contributed by atoms with van der Waals surface area (Å²) in [5, 5.41) is 16.3. The Bertz CT molecular complexity index is 1710. The largest absolute Gasteiger partial charge is 0.480 e. The van der Waals surface area contributed by atoms with E-state index in [1.54, 1.807) is 6.92 Å². The van der Waals surface area contributed by atoms with E-state index in [1.807, 2.05) is 61.5 Å². The first-order valence-corrected chi connectivity index (χ1v) is 16.6. The topological polar surface area (TPSA) is 168 Å². The molecule has 3 fully saturated rings. The monoisotopic (exact) mass is 636 g/mol. The lowest BCUT2D eigenvalue weighted by molar-refractivity contribution is -0.137. The minimum atomic E-state index is -4.33. The summed E-state index contributed by atoms with van der Waals surface area (Å²) in [6.07, 6.45) is 1.50. The number of hydrogen-bond donors (Lipinski definition) is 3. The Labute approximate surface area is 261 Å². The highest BCUT2D eigenvalue weighted by atomic mass is 32.2. The van der Waals surface area contributed by atoms with Gasteiger partial charge in [-0.25, -0.2) is 13.2 Å². The maximum absolute atomic E-state index is 13.1. The quantitative estimate of drug-likeness (QED) is 0.282. The summed E-state index contributed by atoms with van der Waals surface area (Å²) in [6, 6.07) is 17.0. The van der Waals surface area contributed by atoms with Gasteiger partial charge in [0.15, 0.2) is 10.5 Å². The minimum absolute atomic E-state index is 0.00221. The molecule has 3 aromatic rings. The van der Waals surface area contributed by atoms with E-state index in [0.717, 1.165) is 37.2 Å². The van der Waals surface area contributed by atoms with E-state index in [1.165, 1.54) is 0 Å². The van der Waals surface area contributed by atoms with Crippen LogP contribution in [0.2, 0.25) is 0 Å². The van der Waals surface area contributed by atoms with Gasteiger partial charge in [0.25, 0.3) is 10.0 Å². The third kappa shape index (κ3) is 5.76. The third-order valence-corrected chi connectivity index (χ3v) is 11.4. The van der Waals surface area contributed by atoms with E-state index in [0.29, 0.717) is 35.5 Å². The number of hydrogen-bond acceptors (Lipinski definition) is 9. The highest BCUT2D eigenvalue weighted by Gasteiger charge is 2.63. The van der Waals surface area contributed by atoms with E-state index in [-0.39, 0.29) is 18.8 Å². The first kappa shape index (κ1) is 30.6. The second kappa shape index (κ2) is 11.5. The van der Waals surface area contributed by atoms with Crippen molar-refractivity contribution in [3.8, 4) is 0 Å². The molecule has 238 valence electrons. The first-order valence-electron chi connectivity index (χ1n) is 15.1. The Kier molecular flexibility index (Phi) is 7.84. The normalized spacial score (nSPS) is 19.3. The predicted octanol–water partition coefficient (Wildman–Crippen LogP) is 4.77. The van der Waals surface area contributed by atoms with Gasteiger partial charge in [-0.05, 0) is 75.6 Å². The molecule has 2 amide bonds. The van der Waals surface area contributed by atoms with Crippen LogP contribution in [0.4, 0.5) is 16.2 Å². The smallest absolute Gasteiger partial charge is 0.412 e. The zero-order valence-corrected chi connectivity index (χ0v) is 25.9. The van der Waals surface area contributed by atoms with E-state index >= 15 is 0 Å². The molecule has 2 aliphatic carbocycles. The maximum atomic E-state index is 13.1. The minimum Gasteiger partial charge on any atom is -0.480 e. The molecule has 2 aromatic carbocycles. The van der Waals surface area contributed by atoms with Gasteiger partial charge in [0.1, 0.15) is 17.5 Å². The number of amides is 2. The average Bonchev–Trinajstić information content (AvgIpc) is 3.95. The summed E-state index contributed by atoms with van der Waals surface area (Å²) in [4.78, 5) is 39.5. The molecule has 2 heterocycles. The van der Waals surface area contributed by atoms with Crippen LogP contribution < -0.4 is 14.9 Å². The summed E-state index contributed by atoms with van der Waals surface area (Å²) in [6.45, 7) is 5.03. The zero-order valence-electron chi connectivity index (χ0n) is 25.1. The van der Waals surface area contributed by atoms with Crippen LogP contribution in [0.1, 0.15) is 80.1 Å². The van der Waals surface area contributed by atoms with Gasteiger partial charge >= 0.3 is 12.1 Å². The van der Waals surface area contributed by atoms with Crippen LogP contribution in [-0.2, 0) is 29.8 Å². The molecule has 1 saturated heterocycles. The van der Waals surface area contributed by atoms with Gasteiger partial charge in [-0.15, -0.1) is 0 Å². The number of aliphatic carboxylic acids is 1. The Morgan fingerprint density at radius 1 is 1.02 bits per heavy atom. The maximum Gasteiger partial charge on any atom is 0.412 e. The van der Waals surface area contributed by atoms with Gasteiger partial charge in [-0.3, -0.25) is 19.6 Å². The lowest BCUT2D eigenvalue weighted by Crippen LogP contribution is -2.47. The Morgan fingerprint density at radius 3 is 2.24 bits per heavy atom. The number of piperidine rings is 1. The number of anilines is 2. The van der Waals surface area contributed by atoms with Crippen molar-refractivity contribution in [2.75, 3.05) is 23.3 Å². The molecule has 3 aliphatic rings. The molecule has 0 radical (unpaired) electrons. The molecule has 3 N–H and O–H groups in total. The number of nitrogens with one attached hydrogen (secondary N) is 2. The number of aryl methyl sites for hydroxylation is 1. The molecule has 0 bridgehead atoms. The number of nitrogens with zero attached hydrogens (tertiary/aromatic N) is 2. The van der Waals surface area contributed by atoms with Crippen molar-refractivity contribution in [1.82, 2.24) is 9.88 Å². The number of carboxylic acid groups (broad SMARTS) is 1. The molecule has 0 spiro atoms. The van der Waals surface area contributed by atoms with Crippen molar-refractivity contribution in [3.63, 3.8) is 0 Å². The summed E-state index contributed by atoms with van der Waals surface area (Å²) in [7, 11) is -4.33. The van der Waals surface area contributed by atoms with Crippen LogP contribution in [0.25, 0.3) is 0 Å². The van der Waals surface area contributed by atoms with Crippen molar-refractivity contribution in [3.05, 3.63) is 77.2 Å². The van der Waals surface area contributed by atoms with Gasteiger partial charge in [0, 0.05) is 24.7 Å². The SMILES string of the molecule is Cc1noc(C2CCN(c3ccc(C4(C(=O)NS(=O)(=O)C5(C(=O)O)CC5)CC4)cc3)CC2)c1NC(=O)O[C@H](C)c1ccccc1.